The first-order valence-electron chi connectivity index (χ1n) is 7.49. The van der Waals surface area contributed by atoms with Gasteiger partial charge in [0.05, 0.1) is 24.4 Å². The Labute approximate surface area is 117 Å². The number of ether oxygens (including phenoxy) is 1. The molecule has 1 saturated carbocycles. The van der Waals surface area contributed by atoms with Crippen LogP contribution in [0, 0.1) is 5.41 Å². The molecule has 4 heteroatoms. The highest BCUT2D eigenvalue weighted by Gasteiger charge is 2.32. The van der Waals surface area contributed by atoms with Gasteiger partial charge in [-0.15, -0.1) is 0 Å². The Balaban J connectivity index is 1.70. The van der Waals surface area contributed by atoms with Gasteiger partial charge in [-0.25, -0.2) is 8.42 Å². The minimum atomic E-state index is -2.75. The van der Waals surface area contributed by atoms with Crippen LogP contribution in [0.4, 0.5) is 0 Å². The Morgan fingerprint density at radius 3 is 2.42 bits per heavy atom. The van der Waals surface area contributed by atoms with E-state index in [9.17, 15) is 8.42 Å². The van der Waals surface area contributed by atoms with E-state index in [1.807, 2.05) is 6.26 Å². The van der Waals surface area contributed by atoms with Gasteiger partial charge in [-0.3, -0.25) is 0 Å². The Kier molecular flexibility index (Phi) is 4.93. The summed E-state index contributed by atoms with van der Waals surface area (Å²) in [6.45, 7) is 2.92. The molecular weight excluding hydrogens is 260 g/mol. The first kappa shape index (κ1) is 14.9. The van der Waals surface area contributed by atoms with E-state index in [1.165, 1.54) is 37.7 Å². The average molecular weight is 286 g/mol. The van der Waals surface area contributed by atoms with Gasteiger partial charge in [-0.2, -0.15) is 0 Å². The fourth-order valence-electron chi connectivity index (χ4n) is 2.89. The van der Waals surface area contributed by atoms with Crippen molar-refractivity contribution >= 4 is 9.84 Å². The van der Waals surface area contributed by atoms with Crippen molar-refractivity contribution in [3.63, 3.8) is 0 Å². The maximum absolute atomic E-state index is 11.4. The Morgan fingerprint density at radius 1 is 1.16 bits per heavy atom. The summed E-state index contributed by atoms with van der Waals surface area (Å²) >= 11 is 0. The van der Waals surface area contributed by atoms with Gasteiger partial charge in [0, 0.05) is 0 Å². The first-order chi connectivity index (χ1) is 8.99. The van der Waals surface area contributed by atoms with Crippen LogP contribution in [0.5, 0.6) is 0 Å². The number of hydrogen-bond donors (Lipinski definition) is 0. The largest absolute Gasteiger partial charge is 0.501 e. The molecule has 2 rings (SSSR count). The molecule has 0 aromatic heterocycles. The minimum absolute atomic E-state index is 0.149. The molecule has 1 aliphatic carbocycles. The van der Waals surface area contributed by atoms with Crippen LogP contribution >= 0.6 is 0 Å². The summed E-state index contributed by atoms with van der Waals surface area (Å²) in [5, 5.41) is 0. The van der Waals surface area contributed by atoms with Crippen LogP contribution in [0.2, 0.25) is 0 Å². The topological polar surface area (TPSA) is 43.4 Å². The van der Waals surface area contributed by atoms with E-state index in [-0.39, 0.29) is 5.41 Å². The second-order valence-electron chi connectivity index (χ2n) is 6.42. The quantitative estimate of drug-likeness (QED) is 0.587. The number of rotatable bonds is 4. The smallest absolute Gasteiger partial charge is 0.150 e. The molecule has 1 aliphatic heterocycles. The van der Waals surface area contributed by atoms with Crippen LogP contribution in [0.1, 0.15) is 58.3 Å². The molecule has 0 radical (unpaired) electrons. The summed E-state index contributed by atoms with van der Waals surface area (Å²) < 4.78 is 28.5. The van der Waals surface area contributed by atoms with Gasteiger partial charge in [0.2, 0.25) is 0 Å². The van der Waals surface area contributed by atoms with Crippen LogP contribution in [0.25, 0.3) is 0 Å². The Morgan fingerprint density at radius 2 is 1.79 bits per heavy atom. The molecule has 19 heavy (non-hydrogen) atoms. The van der Waals surface area contributed by atoms with Crippen molar-refractivity contribution in [3.05, 3.63) is 11.8 Å². The standard InChI is InChI=1S/C15H26O3S/c1-15(8-11-19(16,17)12-9-15)7-10-18-13-14-5-3-2-4-6-14/h13H,2-12H2,1H3. The lowest BCUT2D eigenvalue weighted by Gasteiger charge is -2.33. The zero-order valence-corrected chi connectivity index (χ0v) is 12.8. The molecule has 0 N–H and O–H groups in total. The van der Waals surface area contributed by atoms with Crippen molar-refractivity contribution in [1.82, 2.24) is 0 Å². The molecule has 0 atom stereocenters. The molecule has 0 bridgehead atoms. The van der Waals surface area contributed by atoms with Crippen LogP contribution in [0.3, 0.4) is 0 Å². The van der Waals surface area contributed by atoms with E-state index in [2.05, 4.69) is 6.92 Å². The van der Waals surface area contributed by atoms with Gasteiger partial charge in [-0.05, 0) is 55.9 Å². The molecule has 0 aromatic carbocycles. The van der Waals surface area contributed by atoms with E-state index in [1.54, 1.807) is 0 Å². The Hall–Kier alpha value is -0.510. The lowest BCUT2D eigenvalue weighted by Crippen LogP contribution is -2.32. The van der Waals surface area contributed by atoms with Gasteiger partial charge in [0.1, 0.15) is 9.84 Å². The fourth-order valence-corrected chi connectivity index (χ4v) is 4.70. The number of hydrogen-bond acceptors (Lipinski definition) is 3. The van der Waals surface area contributed by atoms with Crippen molar-refractivity contribution < 1.29 is 13.2 Å². The molecule has 0 unspecified atom stereocenters. The number of allylic oxidation sites excluding steroid dienone is 1. The zero-order chi connectivity index (χ0) is 13.8. The molecule has 0 aromatic rings. The van der Waals surface area contributed by atoms with Gasteiger partial charge in [0.15, 0.2) is 0 Å². The summed E-state index contributed by atoms with van der Waals surface area (Å²) in [6, 6.07) is 0. The monoisotopic (exact) mass is 286 g/mol. The third-order valence-corrected chi connectivity index (χ3v) is 6.25. The van der Waals surface area contributed by atoms with Crippen molar-refractivity contribution in [3.8, 4) is 0 Å². The van der Waals surface area contributed by atoms with E-state index < -0.39 is 9.84 Å². The molecular formula is C15H26O3S. The van der Waals surface area contributed by atoms with Crippen LogP contribution in [-0.2, 0) is 14.6 Å². The molecule has 1 saturated heterocycles. The van der Waals surface area contributed by atoms with E-state index in [0.717, 1.165) is 25.9 Å². The maximum atomic E-state index is 11.4. The predicted octanol–water partition coefficient (Wildman–Crippen LogP) is 3.46. The highest BCUT2D eigenvalue weighted by atomic mass is 32.2. The second-order valence-corrected chi connectivity index (χ2v) is 8.72. The van der Waals surface area contributed by atoms with Gasteiger partial charge < -0.3 is 4.74 Å². The molecule has 0 spiro atoms. The highest BCUT2D eigenvalue weighted by molar-refractivity contribution is 7.91. The third-order valence-electron chi connectivity index (χ3n) is 4.60. The summed E-state index contributed by atoms with van der Waals surface area (Å²) in [5.74, 6) is 0.704. The number of sulfone groups is 1. The molecule has 3 nitrogen and oxygen atoms in total. The Bertz CT molecular complexity index is 401. The van der Waals surface area contributed by atoms with Crippen LogP contribution in [-0.4, -0.2) is 26.5 Å². The zero-order valence-electron chi connectivity index (χ0n) is 12.0. The maximum Gasteiger partial charge on any atom is 0.150 e. The van der Waals surface area contributed by atoms with Gasteiger partial charge in [-0.1, -0.05) is 13.3 Å². The van der Waals surface area contributed by atoms with Crippen molar-refractivity contribution in [1.29, 1.82) is 0 Å². The summed E-state index contributed by atoms with van der Waals surface area (Å²) in [7, 11) is -2.75. The van der Waals surface area contributed by atoms with Gasteiger partial charge in [0.25, 0.3) is 0 Å². The molecule has 0 amide bonds. The van der Waals surface area contributed by atoms with E-state index in [0.29, 0.717) is 11.5 Å². The van der Waals surface area contributed by atoms with Crippen molar-refractivity contribution in [2.75, 3.05) is 18.1 Å². The van der Waals surface area contributed by atoms with E-state index >= 15 is 0 Å². The van der Waals surface area contributed by atoms with Crippen molar-refractivity contribution in [2.24, 2.45) is 5.41 Å². The highest BCUT2D eigenvalue weighted by Crippen LogP contribution is 2.35. The third kappa shape index (κ3) is 4.83. The molecule has 2 fully saturated rings. The lowest BCUT2D eigenvalue weighted by atomic mass is 9.81. The van der Waals surface area contributed by atoms with E-state index in [4.69, 9.17) is 4.74 Å². The normalized spacial score (nSPS) is 25.8. The lowest BCUT2D eigenvalue weighted by molar-refractivity contribution is 0.163. The summed E-state index contributed by atoms with van der Waals surface area (Å²) in [6.07, 6.45) is 10.8. The molecule has 1 heterocycles. The van der Waals surface area contributed by atoms with Crippen LogP contribution in [0.15, 0.2) is 11.8 Å². The first-order valence-corrected chi connectivity index (χ1v) is 9.31. The molecule has 110 valence electrons. The predicted molar refractivity (Wildman–Crippen MR) is 77.7 cm³/mol. The fraction of sp³-hybridized carbons (Fsp3) is 0.867. The minimum Gasteiger partial charge on any atom is -0.501 e. The van der Waals surface area contributed by atoms with Gasteiger partial charge >= 0.3 is 0 Å². The second kappa shape index (κ2) is 6.29. The SMILES string of the molecule is CC1(CCOC=C2CCCCC2)CCS(=O)(=O)CC1. The van der Waals surface area contributed by atoms with Crippen molar-refractivity contribution in [2.45, 2.75) is 58.3 Å². The summed E-state index contributed by atoms with van der Waals surface area (Å²) in [5.41, 5.74) is 1.60. The average Bonchev–Trinajstić information content (AvgIpc) is 2.40. The van der Waals surface area contributed by atoms with Crippen LogP contribution < -0.4 is 0 Å². The summed E-state index contributed by atoms with van der Waals surface area (Å²) in [4.78, 5) is 0. The molecule has 2 aliphatic rings.